The minimum Gasteiger partial charge on any atom is -0.284 e. The van der Waals surface area contributed by atoms with E-state index in [9.17, 15) is 0 Å². The topological polar surface area (TPSA) is 288 Å². The van der Waals surface area contributed by atoms with Gasteiger partial charge in [0.1, 0.15) is 0 Å². The van der Waals surface area contributed by atoms with Gasteiger partial charge in [0.05, 0.1) is 0 Å². The largest absolute Gasteiger partial charge is 0.299 e. The predicted molar refractivity (Wildman–Crippen MR) is 67.0 cm³/mol. The Kier molecular flexibility index (Phi) is 44.7. The van der Waals surface area contributed by atoms with Crippen molar-refractivity contribution < 1.29 is 66.6 Å². The summed E-state index contributed by atoms with van der Waals surface area (Å²) in [6.45, 7) is 0. The fourth-order valence-electron chi connectivity index (χ4n) is 0. The molecule has 0 radical (unpaired) electrons. The molecule has 0 aromatic heterocycles. The second-order valence-corrected chi connectivity index (χ2v) is 3.46. The summed E-state index contributed by atoms with van der Waals surface area (Å²) in [6, 6.07) is 0. The monoisotopic (exact) mass is 410 g/mol. The lowest BCUT2D eigenvalue weighted by Gasteiger charge is -1.59. The predicted octanol–water partition coefficient (Wildman–Crippen LogP) is -1.59. The average Bonchev–Trinajstić information content (AvgIpc) is 1.94. The van der Waals surface area contributed by atoms with Crippen LogP contribution in [0.1, 0.15) is 0 Å². The molecule has 0 aromatic rings. The molecule has 0 saturated carbocycles. The molecule has 0 aromatic carbocycles. The van der Waals surface area contributed by atoms with Gasteiger partial charge in [-0.2, -0.15) is 21.0 Å². The van der Waals surface area contributed by atoms with Crippen molar-refractivity contribution in [2.75, 3.05) is 0 Å². The molecule has 0 aliphatic heterocycles. The van der Waals surface area contributed by atoms with Crippen molar-refractivity contribution in [1.82, 2.24) is 0 Å². The van der Waals surface area contributed by atoms with Crippen molar-refractivity contribution in [1.29, 1.82) is 0 Å². The Morgan fingerprint density at radius 2 is 0.300 bits per heavy atom. The molecule has 0 rings (SSSR count). The third-order valence-electron chi connectivity index (χ3n) is 0. The summed E-state index contributed by atoms with van der Waals surface area (Å²) in [5.74, 6) is 0. The van der Waals surface area contributed by atoms with Gasteiger partial charge in [-0.3, -0.25) is 45.5 Å². The highest BCUT2D eigenvalue weighted by Crippen LogP contribution is 1.45. The molecule has 0 unspecified atom stereocenters. The highest BCUT2D eigenvalue weighted by Gasteiger charge is 1.64. The first-order chi connectivity index (χ1) is 8.66. The first-order valence-corrected chi connectivity index (χ1v) is 7.98. The van der Waals surface area contributed by atoms with Gasteiger partial charge >= 0.3 is 0 Å². The maximum atomic E-state index is 8.67. The Balaban J connectivity index is -0.0000000469. The summed E-state index contributed by atoms with van der Waals surface area (Å²) < 4.78 is 114. The molecule has 0 aliphatic rings. The normalized spacial score (nSPS) is 8.75. The summed E-state index contributed by atoms with van der Waals surface area (Å²) >= 11 is -13.1. The maximum Gasteiger partial charge on any atom is 0.299 e. The van der Waals surface area contributed by atoms with E-state index < -0.39 is 56.8 Å². The van der Waals surface area contributed by atoms with E-state index in [4.69, 9.17) is 66.6 Å². The highest BCUT2D eigenvalue weighted by molar-refractivity contribution is 7.73. The molecular weight excluding hydrogens is 400 g/mol. The fourth-order valence-corrected chi connectivity index (χ4v) is 0. The summed E-state index contributed by atoms with van der Waals surface area (Å²) in [6.07, 6.45) is 0. The lowest BCUT2D eigenvalue weighted by atomic mass is 15.8. The van der Waals surface area contributed by atoms with Gasteiger partial charge in [0.25, 0.3) is 56.8 Å². The van der Waals surface area contributed by atoms with Gasteiger partial charge in [0, 0.05) is 0 Å². The molecule has 20 heteroatoms. The van der Waals surface area contributed by atoms with E-state index in [1.807, 2.05) is 0 Å². The van der Waals surface area contributed by atoms with Gasteiger partial charge in [-0.1, -0.05) is 0 Å². The first kappa shape index (κ1) is 32.3. The van der Waals surface area contributed by atoms with E-state index in [0.717, 1.165) is 0 Å². The zero-order valence-corrected chi connectivity index (χ0v) is 12.6. The zero-order chi connectivity index (χ0) is 17.9. The Morgan fingerprint density at radius 1 is 0.300 bits per heavy atom. The van der Waals surface area contributed by atoms with Crippen molar-refractivity contribution in [2.45, 2.75) is 0 Å². The molecule has 0 amide bonds. The van der Waals surface area contributed by atoms with Gasteiger partial charge in [0.15, 0.2) is 0 Å². The van der Waals surface area contributed by atoms with E-state index in [0.29, 0.717) is 0 Å². The van der Waals surface area contributed by atoms with Crippen LogP contribution in [0.25, 0.3) is 0 Å². The first-order valence-electron chi connectivity index (χ1n) is 2.66. The van der Waals surface area contributed by atoms with Crippen LogP contribution in [0.3, 0.4) is 0 Å². The van der Waals surface area contributed by atoms with E-state index in [2.05, 4.69) is 0 Å². The van der Waals surface area contributed by atoms with E-state index in [1.165, 1.54) is 0 Å². The van der Waals surface area contributed by atoms with Crippen LogP contribution in [-0.4, -0.2) is 66.6 Å². The van der Waals surface area contributed by atoms with Crippen molar-refractivity contribution in [3.05, 3.63) is 0 Å². The summed E-state index contributed by atoms with van der Waals surface area (Å²) in [5, 5.41) is 0. The van der Waals surface area contributed by atoms with Gasteiger partial charge in [0.2, 0.25) is 0 Å². The molecule has 130 valence electrons. The summed E-state index contributed by atoms with van der Waals surface area (Å²) in [5.41, 5.74) is 0. The van der Waals surface area contributed by atoms with Crippen LogP contribution in [0.2, 0.25) is 0 Å². The lowest BCUT2D eigenvalue weighted by molar-refractivity contribution is 0.452. The van der Waals surface area contributed by atoms with Crippen molar-refractivity contribution in [3.63, 3.8) is 0 Å². The van der Waals surface area contributed by atoms with Crippen molar-refractivity contribution in [3.8, 4) is 0 Å². The second-order valence-electron chi connectivity index (χ2n) is 1.15. The van der Waals surface area contributed by atoms with Gasteiger partial charge in [-0.25, -0.2) is 0 Å². The number of rotatable bonds is 0. The van der Waals surface area contributed by atoms with Crippen LogP contribution in [-0.2, 0) is 56.8 Å². The molecule has 15 nitrogen and oxygen atoms in total. The minimum absolute atomic E-state index is 2.61. The number of hydrogen-bond acceptors (Lipinski definition) is 5. The molecule has 0 atom stereocenters. The Labute approximate surface area is 123 Å². The Bertz CT molecular complexity index is 201. The summed E-state index contributed by atoms with van der Waals surface area (Å²) in [7, 11) is 0. The van der Waals surface area contributed by atoms with E-state index >= 15 is 0 Å². The minimum atomic E-state index is -2.61. The Morgan fingerprint density at radius 3 is 0.300 bits per heavy atom. The van der Waals surface area contributed by atoms with Gasteiger partial charge in [-0.05, 0) is 0 Å². The summed E-state index contributed by atoms with van der Waals surface area (Å²) in [4.78, 5) is 0. The highest BCUT2D eigenvalue weighted by atomic mass is 32.2. The molecule has 0 saturated heterocycles. The van der Waals surface area contributed by atoms with Crippen LogP contribution in [0.15, 0.2) is 0 Å². The lowest BCUT2D eigenvalue weighted by Crippen LogP contribution is -1.74. The van der Waals surface area contributed by atoms with E-state index in [-0.39, 0.29) is 0 Å². The molecule has 0 aliphatic carbocycles. The van der Waals surface area contributed by atoms with Crippen molar-refractivity contribution >= 4 is 56.8 Å². The third kappa shape index (κ3) is 45100. The molecule has 20 heavy (non-hydrogen) atoms. The molecular formula is H10O15S5. The van der Waals surface area contributed by atoms with Crippen LogP contribution in [0.4, 0.5) is 0 Å². The van der Waals surface area contributed by atoms with Crippen LogP contribution >= 0.6 is 0 Å². The van der Waals surface area contributed by atoms with Crippen LogP contribution in [0, 0.1) is 0 Å². The van der Waals surface area contributed by atoms with E-state index in [1.54, 1.807) is 0 Å². The standard InChI is InChI=1S/5H2O3S/c5*1-4(2)3/h5*(H2,1,2,3). The van der Waals surface area contributed by atoms with Gasteiger partial charge in [-0.15, -0.1) is 0 Å². The molecule has 0 heterocycles. The Hall–Kier alpha value is 0.350. The second kappa shape index (κ2) is 27.7. The smallest absolute Gasteiger partial charge is 0.284 e. The molecule has 0 bridgehead atoms. The van der Waals surface area contributed by atoms with Crippen LogP contribution < -0.4 is 0 Å². The zero-order valence-electron chi connectivity index (χ0n) is 8.55. The van der Waals surface area contributed by atoms with Crippen molar-refractivity contribution in [2.24, 2.45) is 0 Å². The SMILES string of the molecule is O=S(O)O.O=S(O)O.O=S(O)O.O=S(O)O.O=S(O)O. The fraction of sp³-hybridized carbons (Fsp3) is 0. The number of hydrogen-bond donors (Lipinski definition) is 10. The average molecular weight is 410 g/mol. The maximum absolute atomic E-state index is 8.67. The third-order valence-corrected chi connectivity index (χ3v) is 0. The van der Waals surface area contributed by atoms with Gasteiger partial charge < -0.3 is 0 Å². The molecule has 0 fully saturated rings. The molecule has 0 spiro atoms. The van der Waals surface area contributed by atoms with Crippen LogP contribution in [0.5, 0.6) is 0 Å². The quantitative estimate of drug-likeness (QED) is 0.201. The molecule has 10 N–H and O–H groups in total.